The largest absolute Gasteiger partial charge is 0.394 e. The van der Waals surface area contributed by atoms with Crippen LogP contribution in [0.2, 0.25) is 0 Å². The van der Waals surface area contributed by atoms with Crippen LogP contribution < -0.4 is 0 Å². The van der Waals surface area contributed by atoms with Gasteiger partial charge in [0.05, 0.1) is 32.5 Å². The van der Waals surface area contributed by atoms with E-state index in [1.165, 1.54) is 0 Å². The molecule has 1 fully saturated rings. The summed E-state index contributed by atoms with van der Waals surface area (Å²) in [4.78, 5) is 0. The molecular weight excluding hydrogens is 416 g/mol. The van der Waals surface area contributed by atoms with Crippen molar-refractivity contribution >= 4 is 0 Å². The number of aliphatic hydroxyl groups is 1. The predicted molar refractivity (Wildman–Crippen MR) is 126 cm³/mol. The van der Waals surface area contributed by atoms with Crippen LogP contribution in [0.15, 0.2) is 91.0 Å². The van der Waals surface area contributed by atoms with E-state index in [9.17, 15) is 5.11 Å². The average Bonchev–Trinajstić information content (AvgIpc) is 2.87. The fourth-order valence-corrected chi connectivity index (χ4v) is 4.17. The molecule has 0 amide bonds. The molecule has 33 heavy (non-hydrogen) atoms. The lowest BCUT2D eigenvalue weighted by Gasteiger charge is -2.45. The van der Waals surface area contributed by atoms with Gasteiger partial charge < -0.3 is 24.1 Å². The van der Waals surface area contributed by atoms with E-state index in [1.807, 2.05) is 97.9 Å². The smallest absolute Gasteiger partial charge is 0.115 e. The molecule has 0 aromatic heterocycles. The van der Waals surface area contributed by atoms with Crippen LogP contribution in [0.1, 0.15) is 23.6 Å². The van der Waals surface area contributed by atoms with Crippen molar-refractivity contribution in [1.82, 2.24) is 0 Å². The fraction of sp³-hybridized carbons (Fsp3) is 0.357. The van der Waals surface area contributed by atoms with Gasteiger partial charge in [-0.05, 0) is 23.6 Å². The molecular formula is C28H32O5. The van der Waals surface area contributed by atoms with E-state index in [4.69, 9.17) is 18.9 Å². The molecule has 174 valence electrons. The van der Waals surface area contributed by atoms with Gasteiger partial charge in [0.25, 0.3) is 0 Å². The van der Waals surface area contributed by atoms with Crippen molar-refractivity contribution in [3.05, 3.63) is 108 Å². The summed E-state index contributed by atoms with van der Waals surface area (Å²) in [5.74, 6) is 0. The van der Waals surface area contributed by atoms with Gasteiger partial charge in [-0.1, -0.05) is 91.0 Å². The molecule has 1 aliphatic heterocycles. The summed E-state index contributed by atoms with van der Waals surface area (Å²) in [5, 5.41) is 10.1. The first-order chi connectivity index (χ1) is 16.2. The molecule has 2 unspecified atom stereocenters. The number of hydrogen-bond donors (Lipinski definition) is 1. The molecule has 1 aliphatic rings. The average molecular weight is 449 g/mol. The van der Waals surface area contributed by atoms with Gasteiger partial charge in [-0.2, -0.15) is 0 Å². The van der Waals surface area contributed by atoms with Gasteiger partial charge in [-0.25, -0.2) is 0 Å². The van der Waals surface area contributed by atoms with Crippen molar-refractivity contribution < 1.29 is 24.1 Å². The summed E-state index contributed by atoms with van der Waals surface area (Å²) >= 11 is 0. The minimum Gasteiger partial charge on any atom is -0.394 e. The third kappa shape index (κ3) is 6.50. The molecule has 1 saturated heterocycles. The van der Waals surface area contributed by atoms with Crippen LogP contribution in [0.4, 0.5) is 0 Å². The zero-order valence-electron chi connectivity index (χ0n) is 19.0. The minimum absolute atomic E-state index is 0.152. The van der Waals surface area contributed by atoms with Gasteiger partial charge in [-0.3, -0.25) is 0 Å². The second-order valence-corrected chi connectivity index (χ2v) is 8.35. The van der Waals surface area contributed by atoms with Gasteiger partial charge in [0.15, 0.2) is 0 Å². The number of rotatable bonds is 10. The highest BCUT2D eigenvalue weighted by atomic mass is 16.6. The standard InChI is InChI=1S/C28H32O5/c1-21-26(30-18-22-11-5-2-6-12-22)28(32-20-24-15-9-4-10-16-24)27(25(17-29)33-21)31-19-23-13-7-3-8-14-23/h2-16,21,25-29H,17-20H2,1H3/t21-,25?,26?,27-,28-/m0/s1. The van der Waals surface area contributed by atoms with Crippen LogP contribution in [-0.2, 0) is 38.8 Å². The topological polar surface area (TPSA) is 57.2 Å². The number of benzene rings is 3. The van der Waals surface area contributed by atoms with Crippen LogP contribution in [0.5, 0.6) is 0 Å². The lowest BCUT2D eigenvalue weighted by atomic mass is 9.94. The highest BCUT2D eigenvalue weighted by Crippen LogP contribution is 2.30. The van der Waals surface area contributed by atoms with Crippen molar-refractivity contribution in [1.29, 1.82) is 0 Å². The van der Waals surface area contributed by atoms with Crippen molar-refractivity contribution in [3.63, 3.8) is 0 Å². The summed E-state index contributed by atoms with van der Waals surface area (Å²) < 4.78 is 25.2. The molecule has 5 nitrogen and oxygen atoms in total. The Balaban J connectivity index is 1.53. The second-order valence-electron chi connectivity index (χ2n) is 8.35. The summed E-state index contributed by atoms with van der Waals surface area (Å²) in [5.41, 5.74) is 3.20. The van der Waals surface area contributed by atoms with Crippen LogP contribution in [0.3, 0.4) is 0 Å². The Morgan fingerprint density at radius 3 is 1.42 bits per heavy atom. The first-order valence-corrected chi connectivity index (χ1v) is 11.5. The molecule has 1 N–H and O–H groups in total. The Labute approximate surface area is 195 Å². The van der Waals surface area contributed by atoms with Crippen molar-refractivity contribution in [3.8, 4) is 0 Å². The first-order valence-electron chi connectivity index (χ1n) is 11.5. The Morgan fingerprint density at radius 2 is 1.00 bits per heavy atom. The lowest BCUT2D eigenvalue weighted by molar-refractivity contribution is -0.266. The van der Waals surface area contributed by atoms with E-state index in [0.29, 0.717) is 19.8 Å². The summed E-state index contributed by atoms with van der Waals surface area (Å²) in [6, 6.07) is 30.1. The monoisotopic (exact) mass is 448 g/mol. The van der Waals surface area contributed by atoms with Gasteiger partial charge >= 0.3 is 0 Å². The van der Waals surface area contributed by atoms with Crippen molar-refractivity contribution in [2.75, 3.05) is 6.61 Å². The maximum absolute atomic E-state index is 10.1. The SMILES string of the molecule is C[C@@H]1OC(CO)[C@H](OCc2ccccc2)[C@@H](OCc2ccccc2)C1OCc1ccccc1. The predicted octanol–water partition coefficient (Wildman–Crippen LogP) is 4.52. The lowest BCUT2D eigenvalue weighted by Crippen LogP contribution is -2.60. The second kappa shape index (κ2) is 12.1. The molecule has 1 heterocycles. The Kier molecular flexibility index (Phi) is 8.64. The van der Waals surface area contributed by atoms with Crippen molar-refractivity contribution in [2.24, 2.45) is 0 Å². The Bertz CT molecular complexity index is 934. The van der Waals surface area contributed by atoms with E-state index in [0.717, 1.165) is 16.7 Å². The third-order valence-electron chi connectivity index (χ3n) is 5.90. The maximum atomic E-state index is 10.1. The quantitative estimate of drug-likeness (QED) is 0.494. The fourth-order valence-electron chi connectivity index (χ4n) is 4.17. The van der Waals surface area contributed by atoms with Crippen LogP contribution >= 0.6 is 0 Å². The van der Waals surface area contributed by atoms with Gasteiger partial charge in [0.2, 0.25) is 0 Å². The zero-order valence-corrected chi connectivity index (χ0v) is 19.0. The number of ether oxygens (including phenoxy) is 4. The first kappa shape index (κ1) is 23.6. The number of hydrogen-bond acceptors (Lipinski definition) is 5. The van der Waals surface area contributed by atoms with Gasteiger partial charge in [0.1, 0.15) is 24.4 Å². The summed E-state index contributed by atoms with van der Waals surface area (Å²) in [6.07, 6.45) is -1.99. The molecule has 5 heteroatoms. The van der Waals surface area contributed by atoms with E-state index in [-0.39, 0.29) is 18.8 Å². The van der Waals surface area contributed by atoms with Crippen LogP contribution in [0, 0.1) is 0 Å². The van der Waals surface area contributed by atoms with E-state index < -0.39 is 18.3 Å². The van der Waals surface area contributed by atoms with Crippen LogP contribution in [0.25, 0.3) is 0 Å². The van der Waals surface area contributed by atoms with E-state index in [2.05, 4.69) is 0 Å². The summed E-state index contributed by atoms with van der Waals surface area (Å²) in [6.45, 7) is 3.08. The van der Waals surface area contributed by atoms with Gasteiger partial charge in [-0.15, -0.1) is 0 Å². The molecule has 4 rings (SSSR count). The summed E-state index contributed by atoms with van der Waals surface area (Å²) in [7, 11) is 0. The normalized spacial score (nSPS) is 25.1. The molecule has 0 radical (unpaired) electrons. The number of aliphatic hydroxyl groups excluding tert-OH is 1. The highest BCUT2D eigenvalue weighted by Gasteiger charge is 2.46. The zero-order chi connectivity index (χ0) is 22.9. The molecule has 3 aromatic carbocycles. The maximum Gasteiger partial charge on any atom is 0.115 e. The Morgan fingerprint density at radius 1 is 0.606 bits per heavy atom. The third-order valence-corrected chi connectivity index (χ3v) is 5.90. The van der Waals surface area contributed by atoms with Gasteiger partial charge in [0, 0.05) is 0 Å². The molecule has 0 saturated carbocycles. The molecule has 0 bridgehead atoms. The van der Waals surface area contributed by atoms with Crippen LogP contribution in [-0.4, -0.2) is 42.2 Å². The van der Waals surface area contributed by atoms with Crippen molar-refractivity contribution in [2.45, 2.75) is 57.3 Å². The molecule has 3 aromatic rings. The van der Waals surface area contributed by atoms with E-state index >= 15 is 0 Å². The minimum atomic E-state index is -0.499. The Hall–Kier alpha value is -2.54. The highest BCUT2D eigenvalue weighted by molar-refractivity contribution is 5.15. The molecule has 0 spiro atoms. The van der Waals surface area contributed by atoms with E-state index in [1.54, 1.807) is 0 Å². The molecule has 5 atom stereocenters. The molecule has 0 aliphatic carbocycles.